The molecule has 1 amide bonds. The maximum atomic E-state index is 12.9. The van der Waals surface area contributed by atoms with Gasteiger partial charge in [0.25, 0.3) is 0 Å². The third-order valence-corrected chi connectivity index (χ3v) is 5.61. The van der Waals surface area contributed by atoms with E-state index in [9.17, 15) is 4.79 Å². The minimum absolute atomic E-state index is 0.0240. The Morgan fingerprint density at radius 3 is 2.86 bits per heavy atom. The van der Waals surface area contributed by atoms with Crippen LogP contribution < -0.4 is 0 Å². The first kappa shape index (κ1) is 21.0. The summed E-state index contributed by atoms with van der Waals surface area (Å²) >= 11 is 1.45. The van der Waals surface area contributed by atoms with Crippen LogP contribution >= 0.6 is 11.8 Å². The van der Waals surface area contributed by atoms with Gasteiger partial charge in [-0.1, -0.05) is 37.7 Å². The highest BCUT2D eigenvalue weighted by atomic mass is 32.2. The number of furan rings is 1. The maximum Gasteiger partial charge on any atom is 0.233 e. The largest absolute Gasteiger partial charge is 0.467 e. The molecule has 3 rings (SSSR count). The van der Waals surface area contributed by atoms with Crippen molar-refractivity contribution in [3.05, 3.63) is 48.4 Å². The van der Waals surface area contributed by atoms with Gasteiger partial charge < -0.3 is 13.9 Å². The summed E-state index contributed by atoms with van der Waals surface area (Å²) in [6, 6.07) is 13.8. The van der Waals surface area contributed by atoms with Crippen LogP contribution in [-0.4, -0.2) is 32.7 Å². The lowest BCUT2D eigenvalue weighted by atomic mass is 10.1. The average Bonchev–Trinajstić information content (AvgIpc) is 3.35. The van der Waals surface area contributed by atoms with Gasteiger partial charge in [-0.25, -0.2) is 4.98 Å². The van der Waals surface area contributed by atoms with Crippen LogP contribution in [0.4, 0.5) is 0 Å². The number of carbonyl (C=O) groups excluding carboxylic acids is 1. The van der Waals surface area contributed by atoms with Crippen LogP contribution in [0.2, 0.25) is 0 Å². The van der Waals surface area contributed by atoms with Gasteiger partial charge in [0.2, 0.25) is 5.91 Å². The predicted molar refractivity (Wildman–Crippen MR) is 114 cm³/mol. The summed E-state index contributed by atoms with van der Waals surface area (Å²) in [5.74, 6) is 1.55. The molecule has 0 aliphatic rings. The molecule has 0 saturated heterocycles. The van der Waals surface area contributed by atoms with Gasteiger partial charge in [-0.05, 0) is 36.6 Å². The molecule has 0 atom stereocenters. The monoisotopic (exact) mass is 410 g/mol. The molecule has 0 radical (unpaired) electrons. The van der Waals surface area contributed by atoms with Crippen molar-refractivity contribution >= 4 is 28.7 Å². The standard InChI is InChI=1S/C22H26N4O2S/c1-17(2)10-13-26-20-9-4-3-8-19(20)24-22(26)29-16-21(27)25(12-6-11-23)15-18-7-5-14-28-18/h3-5,7-9,14,17H,6,10,12-13,15-16H2,1-2H3. The summed E-state index contributed by atoms with van der Waals surface area (Å²) in [5, 5.41) is 9.78. The summed E-state index contributed by atoms with van der Waals surface area (Å²) in [6.07, 6.45) is 2.94. The number of rotatable bonds is 10. The number of hydrogen-bond donors (Lipinski definition) is 0. The molecule has 0 aliphatic heterocycles. The number of aryl methyl sites for hydroxylation is 1. The van der Waals surface area contributed by atoms with Crippen molar-refractivity contribution in [2.45, 2.75) is 44.9 Å². The Kier molecular flexibility index (Phi) is 7.36. The van der Waals surface area contributed by atoms with E-state index in [2.05, 4.69) is 30.6 Å². The highest BCUT2D eigenvalue weighted by Gasteiger charge is 2.18. The summed E-state index contributed by atoms with van der Waals surface area (Å²) in [5.41, 5.74) is 2.04. The fourth-order valence-corrected chi connectivity index (χ4v) is 4.00. The predicted octanol–water partition coefficient (Wildman–Crippen LogP) is 4.71. The Morgan fingerprint density at radius 2 is 2.14 bits per heavy atom. The molecule has 2 aromatic heterocycles. The van der Waals surface area contributed by atoms with Crippen LogP contribution in [0, 0.1) is 17.2 Å². The molecule has 3 aromatic rings. The molecule has 0 fully saturated rings. The third-order valence-electron chi connectivity index (χ3n) is 4.65. The van der Waals surface area contributed by atoms with E-state index in [1.54, 1.807) is 17.2 Å². The van der Waals surface area contributed by atoms with Crippen molar-refractivity contribution in [2.75, 3.05) is 12.3 Å². The first-order chi connectivity index (χ1) is 14.1. The van der Waals surface area contributed by atoms with E-state index in [1.807, 2.05) is 24.3 Å². The Labute approximate surface area is 175 Å². The average molecular weight is 411 g/mol. The van der Waals surface area contributed by atoms with Crippen LogP contribution in [-0.2, 0) is 17.9 Å². The second-order valence-corrected chi connectivity index (χ2v) is 8.25. The molecule has 1 aromatic carbocycles. The van der Waals surface area contributed by atoms with E-state index >= 15 is 0 Å². The minimum atomic E-state index is -0.0240. The van der Waals surface area contributed by atoms with E-state index in [1.165, 1.54) is 11.8 Å². The highest BCUT2D eigenvalue weighted by Crippen LogP contribution is 2.25. The van der Waals surface area contributed by atoms with Crippen molar-refractivity contribution in [3.8, 4) is 6.07 Å². The molecule has 7 heteroatoms. The van der Waals surface area contributed by atoms with Gasteiger partial charge in [-0.3, -0.25) is 4.79 Å². The van der Waals surface area contributed by atoms with E-state index in [0.717, 1.165) is 29.2 Å². The quantitative estimate of drug-likeness (QED) is 0.453. The molecule has 0 saturated carbocycles. The molecule has 152 valence electrons. The molecule has 0 aliphatic carbocycles. The molecule has 0 N–H and O–H groups in total. The number of nitrogens with zero attached hydrogens (tertiary/aromatic N) is 4. The first-order valence-electron chi connectivity index (χ1n) is 9.83. The molecule has 0 spiro atoms. The maximum absolute atomic E-state index is 12.9. The normalized spacial score (nSPS) is 11.1. The number of carbonyl (C=O) groups is 1. The number of fused-ring (bicyclic) bond motifs is 1. The number of imidazole rings is 1. The lowest BCUT2D eigenvalue weighted by molar-refractivity contribution is -0.129. The SMILES string of the molecule is CC(C)CCn1c(SCC(=O)N(CCC#N)Cc2ccco2)nc2ccccc21. The number of para-hydroxylation sites is 2. The lowest BCUT2D eigenvalue weighted by Gasteiger charge is -2.20. The van der Waals surface area contributed by atoms with Crippen LogP contribution in [0.25, 0.3) is 11.0 Å². The van der Waals surface area contributed by atoms with Crippen molar-refractivity contribution in [3.63, 3.8) is 0 Å². The molecular weight excluding hydrogens is 384 g/mol. The van der Waals surface area contributed by atoms with Crippen LogP contribution in [0.15, 0.2) is 52.2 Å². The number of nitriles is 1. The fraction of sp³-hybridized carbons (Fsp3) is 0.409. The van der Waals surface area contributed by atoms with Gasteiger partial charge in [0.15, 0.2) is 5.16 Å². The summed E-state index contributed by atoms with van der Waals surface area (Å²) < 4.78 is 7.58. The Bertz CT molecular complexity index is 973. The minimum Gasteiger partial charge on any atom is -0.467 e. The topological polar surface area (TPSA) is 75.1 Å². The molecule has 0 unspecified atom stereocenters. The summed E-state index contributed by atoms with van der Waals surface area (Å²) in [6.45, 7) is 6.05. The van der Waals surface area contributed by atoms with E-state index in [-0.39, 0.29) is 11.7 Å². The summed E-state index contributed by atoms with van der Waals surface area (Å²) in [7, 11) is 0. The molecular formula is C22H26N4O2S. The van der Waals surface area contributed by atoms with E-state index < -0.39 is 0 Å². The van der Waals surface area contributed by atoms with Crippen LogP contribution in [0.1, 0.15) is 32.4 Å². The Balaban J connectivity index is 1.72. The summed E-state index contributed by atoms with van der Waals surface area (Å²) in [4.78, 5) is 19.3. The first-order valence-corrected chi connectivity index (χ1v) is 10.8. The number of hydrogen-bond acceptors (Lipinski definition) is 5. The van der Waals surface area contributed by atoms with Crippen molar-refractivity contribution in [1.82, 2.24) is 14.5 Å². The third kappa shape index (κ3) is 5.64. The van der Waals surface area contributed by atoms with Gasteiger partial charge >= 0.3 is 0 Å². The smallest absolute Gasteiger partial charge is 0.233 e. The van der Waals surface area contributed by atoms with Crippen molar-refractivity contribution < 1.29 is 9.21 Å². The van der Waals surface area contributed by atoms with Gasteiger partial charge in [-0.2, -0.15) is 5.26 Å². The van der Waals surface area contributed by atoms with Gasteiger partial charge in [0.05, 0.1) is 42.1 Å². The van der Waals surface area contributed by atoms with Gasteiger partial charge in [0.1, 0.15) is 5.76 Å². The number of amides is 1. The van der Waals surface area contributed by atoms with Crippen LogP contribution in [0.5, 0.6) is 0 Å². The molecule has 2 heterocycles. The van der Waals surface area contributed by atoms with Crippen LogP contribution in [0.3, 0.4) is 0 Å². The van der Waals surface area contributed by atoms with E-state index in [0.29, 0.717) is 31.2 Å². The second kappa shape index (κ2) is 10.2. The number of aromatic nitrogens is 2. The lowest BCUT2D eigenvalue weighted by Crippen LogP contribution is -2.32. The molecule has 0 bridgehead atoms. The zero-order valence-corrected chi connectivity index (χ0v) is 17.7. The number of thioether (sulfide) groups is 1. The number of benzene rings is 1. The molecule has 29 heavy (non-hydrogen) atoms. The van der Waals surface area contributed by atoms with Gasteiger partial charge in [0, 0.05) is 13.1 Å². The van der Waals surface area contributed by atoms with Gasteiger partial charge in [-0.15, -0.1) is 0 Å². The fourth-order valence-electron chi connectivity index (χ4n) is 3.05. The Hall–Kier alpha value is -2.72. The second-order valence-electron chi connectivity index (χ2n) is 7.31. The zero-order valence-electron chi connectivity index (χ0n) is 16.9. The van der Waals surface area contributed by atoms with Crippen molar-refractivity contribution in [2.24, 2.45) is 5.92 Å². The molecule has 6 nitrogen and oxygen atoms in total. The highest BCUT2D eigenvalue weighted by molar-refractivity contribution is 7.99. The van der Waals surface area contributed by atoms with Crippen molar-refractivity contribution in [1.29, 1.82) is 5.26 Å². The zero-order chi connectivity index (χ0) is 20.6. The van der Waals surface area contributed by atoms with E-state index in [4.69, 9.17) is 14.7 Å². The Morgan fingerprint density at radius 1 is 1.31 bits per heavy atom.